The molecule has 1 aliphatic rings. The van der Waals surface area contributed by atoms with E-state index in [2.05, 4.69) is 34.7 Å². The molecule has 1 N–H and O–H groups in total. The average Bonchev–Trinajstić information content (AvgIpc) is 3.24. The lowest BCUT2D eigenvalue weighted by Gasteiger charge is -2.09. The van der Waals surface area contributed by atoms with Gasteiger partial charge in [-0.05, 0) is 18.4 Å². The van der Waals surface area contributed by atoms with Gasteiger partial charge in [0.1, 0.15) is 5.01 Å². The lowest BCUT2D eigenvalue weighted by molar-refractivity contribution is -0.125. The van der Waals surface area contributed by atoms with Gasteiger partial charge in [0, 0.05) is 24.1 Å². The fourth-order valence-corrected chi connectivity index (χ4v) is 3.35. The van der Waals surface area contributed by atoms with Crippen LogP contribution >= 0.6 is 11.3 Å². The van der Waals surface area contributed by atoms with Crippen LogP contribution in [0.5, 0.6) is 0 Å². The van der Waals surface area contributed by atoms with Gasteiger partial charge in [0.05, 0.1) is 18.2 Å². The molecule has 0 spiro atoms. The summed E-state index contributed by atoms with van der Waals surface area (Å²) in [5.41, 5.74) is 3.36. The molecule has 5 heteroatoms. The van der Waals surface area contributed by atoms with Crippen LogP contribution in [-0.4, -0.2) is 24.1 Å². The van der Waals surface area contributed by atoms with E-state index in [1.807, 2.05) is 12.1 Å². The number of benzene rings is 1. The molecular weight excluding hydrogens is 296 g/mol. The molecule has 0 bridgehead atoms. The summed E-state index contributed by atoms with van der Waals surface area (Å²) in [6.45, 7) is 3.92. The van der Waals surface area contributed by atoms with Gasteiger partial charge in [-0.2, -0.15) is 0 Å². The maximum atomic E-state index is 11.9. The SMILES string of the molecule is CCc1csc(-c2ccc(CNC(=O)[C@@H]3CCOC3)cc2)n1. The molecular formula is C17H20N2O2S. The first-order valence-corrected chi connectivity index (χ1v) is 8.53. The molecule has 1 amide bonds. The smallest absolute Gasteiger partial charge is 0.225 e. The second-order valence-electron chi connectivity index (χ2n) is 5.47. The zero-order chi connectivity index (χ0) is 15.4. The fourth-order valence-electron chi connectivity index (χ4n) is 2.44. The summed E-state index contributed by atoms with van der Waals surface area (Å²) in [5.74, 6) is 0.108. The summed E-state index contributed by atoms with van der Waals surface area (Å²) < 4.78 is 5.24. The highest BCUT2D eigenvalue weighted by Gasteiger charge is 2.22. The molecule has 4 nitrogen and oxygen atoms in total. The largest absolute Gasteiger partial charge is 0.381 e. The second kappa shape index (κ2) is 7.03. The van der Waals surface area contributed by atoms with Crippen LogP contribution in [0.1, 0.15) is 24.6 Å². The Hall–Kier alpha value is -1.72. The van der Waals surface area contributed by atoms with Gasteiger partial charge in [-0.15, -0.1) is 11.3 Å². The minimum Gasteiger partial charge on any atom is -0.381 e. The Bertz CT molecular complexity index is 630. The van der Waals surface area contributed by atoms with Crippen molar-refractivity contribution in [2.24, 2.45) is 5.92 Å². The molecule has 1 aliphatic heterocycles. The van der Waals surface area contributed by atoms with Gasteiger partial charge in [0.25, 0.3) is 0 Å². The summed E-state index contributed by atoms with van der Waals surface area (Å²) >= 11 is 1.67. The maximum Gasteiger partial charge on any atom is 0.225 e. The van der Waals surface area contributed by atoms with Gasteiger partial charge in [-0.1, -0.05) is 31.2 Å². The van der Waals surface area contributed by atoms with Gasteiger partial charge in [0.15, 0.2) is 0 Å². The highest BCUT2D eigenvalue weighted by molar-refractivity contribution is 7.13. The lowest BCUT2D eigenvalue weighted by Crippen LogP contribution is -2.30. The Morgan fingerprint density at radius 2 is 2.23 bits per heavy atom. The van der Waals surface area contributed by atoms with Crippen LogP contribution in [0.25, 0.3) is 10.6 Å². The Balaban J connectivity index is 1.58. The Labute approximate surface area is 134 Å². The van der Waals surface area contributed by atoms with Gasteiger partial charge >= 0.3 is 0 Å². The standard InChI is InChI=1S/C17H20N2O2S/c1-2-15-11-22-17(19-15)13-5-3-12(4-6-13)9-18-16(20)14-7-8-21-10-14/h3-6,11,14H,2,7-10H2,1H3,(H,18,20)/t14-/m1/s1. The zero-order valence-corrected chi connectivity index (χ0v) is 13.5. The van der Waals surface area contributed by atoms with Crippen molar-refractivity contribution in [2.75, 3.05) is 13.2 Å². The fraction of sp³-hybridized carbons (Fsp3) is 0.412. The van der Waals surface area contributed by atoms with E-state index in [1.54, 1.807) is 11.3 Å². The quantitative estimate of drug-likeness (QED) is 0.922. The van der Waals surface area contributed by atoms with E-state index in [4.69, 9.17) is 4.74 Å². The van der Waals surface area contributed by atoms with Crippen LogP contribution in [0.4, 0.5) is 0 Å². The molecule has 2 heterocycles. The molecule has 22 heavy (non-hydrogen) atoms. The minimum absolute atomic E-state index is 0.0158. The number of thiazole rings is 1. The van der Waals surface area contributed by atoms with E-state index in [0.717, 1.165) is 34.7 Å². The molecule has 0 saturated carbocycles. The van der Waals surface area contributed by atoms with Crippen LogP contribution in [0.3, 0.4) is 0 Å². The summed E-state index contributed by atoms with van der Waals surface area (Å²) in [7, 11) is 0. The van der Waals surface area contributed by atoms with E-state index < -0.39 is 0 Å². The van der Waals surface area contributed by atoms with Crippen molar-refractivity contribution >= 4 is 17.2 Å². The second-order valence-corrected chi connectivity index (χ2v) is 6.33. The zero-order valence-electron chi connectivity index (χ0n) is 12.7. The highest BCUT2D eigenvalue weighted by Crippen LogP contribution is 2.24. The van der Waals surface area contributed by atoms with Crippen molar-refractivity contribution in [3.05, 3.63) is 40.9 Å². The number of carbonyl (C=O) groups is 1. The number of aryl methyl sites for hydroxylation is 1. The molecule has 1 aromatic heterocycles. The first-order valence-electron chi connectivity index (χ1n) is 7.65. The number of hydrogen-bond acceptors (Lipinski definition) is 4. The van der Waals surface area contributed by atoms with Crippen molar-refractivity contribution in [1.29, 1.82) is 0 Å². The molecule has 0 aliphatic carbocycles. The van der Waals surface area contributed by atoms with Gasteiger partial charge < -0.3 is 10.1 Å². The first kappa shape index (κ1) is 15.2. The molecule has 2 aromatic rings. The van der Waals surface area contributed by atoms with Crippen LogP contribution in [-0.2, 0) is 22.5 Å². The van der Waals surface area contributed by atoms with Crippen LogP contribution in [0.15, 0.2) is 29.6 Å². The van der Waals surface area contributed by atoms with E-state index in [0.29, 0.717) is 19.8 Å². The van der Waals surface area contributed by atoms with Crippen molar-refractivity contribution < 1.29 is 9.53 Å². The van der Waals surface area contributed by atoms with Crippen molar-refractivity contribution in [3.63, 3.8) is 0 Å². The Kier molecular flexibility index (Phi) is 4.85. The molecule has 3 rings (SSSR count). The van der Waals surface area contributed by atoms with Crippen molar-refractivity contribution in [2.45, 2.75) is 26.3 Å². The molecule has 1 fully saturated rings. The van der Waals surface area contributed by atoms with E-state index >= 15 is 0 Å². The molecule has 1 atom stereocenters. The van der Waals surface area contributed by atoms with Crippen LogP contribution in [0, 0.1) is 5.92 Å². The predicted molar refractivity (Wildman–Crippen MR) is 87.7 cm³/mol. The molecule has 0 radical (unpaired) electrons. The minimum atomic E-state index is 0.0158. The Morgan fingerprint density at radius 1 is 1.41 bits per heavy atom. The molecule has 1 aromatic carbocycles. The molecule has 116 valence electrons. The van der Waals surface area contributed by atoms with E-state index in [9.17, 15) is 4.79 Å². The van der Waals surface area contributed by atoms with Crippen LogP contribution < -0.4 is 5.32 Å². The predicted octanol–water partition coefficient (Wildman–Crippen LogP) is 3.03. The number of nitrogens with zero attached hydrogens (tertiary/aromatic N) is 1. The number of rotatable bonds is 5. The maximum absolute atomic E-state index is 11.9. The van der Waals surface area contributed by atoms with Gasteiger partial charge in [0.2, 0.25) is 5.91 Å². The summed E-state index contributed by atoms with van der Waals surface area (Å²) in [6, 6.07) is 8.23. The number of ether oxygens (including phenoxy) is 1. The van der Waals surface area contributed by atoms with Gasteiger partial charge in [-0.25, -0.2) is 4.98 Å². The highest BCUT2D eigenvalue weighted by atomic mass is 32.1. The third-order valence-corrected chi connectivity index (χ3v) is 4.82. The Morgan fingerprint density at radius 3 is 2.86 bits per heavy atom. The first-order chi connectivity index (χ1) is 10.8. The summed E-state index contributed by atoms with van der Waals surface area (Å²) in [5, 5.41) is 6.14. The normalized spacial score (nSPS) is 17.6. The number of hydrogen-bond donors (Lipinski definition) is 1. The summed E-state index contributed by atoms with van der Waals surface area (Å²) in [6.07, 6.45) is 1.79. The van der Waals surface area contributed by atoms with E-state index in [-0.39, 0.29) is 11.8 Å². The topological polar surface area (TPSA) is 51.2 Å². The monoisotopic (exact) mass is 316 g/mol. The van der Waals surface area contributed by atoms with Crippen molar-refractivity contribution in [3.8, 4) is 10.6 Å². The number of nitrogens with one attached hydrogen (secondary N) is 1. The molecule has 0 unspecified atom stereocenters. The average molecular weight is 316 g/mol. The lowest BCUT2D eigenvalue weighted by atomic mass is 10.1. The summed E-state index contributed by atoms with van der Waals surface area (Å²) in [4.78, 5) is 16.5. The number of aromatic nitrogens is 1. The van der Waals surface area contributed by atoms with E-state index in [1.165, 1.54) is 0 Å². The van der Waals surface area contributed by atoms with Crippen molar-refractivity contribution in [1.82, 2.24) is 10.3 Å². The van der Waals surface area contributed by atoms with Crippen LogP contribution in [0.2, 0.25) is 0 Å². The third kappa shape index (κ3) is 3.54. The third-order valence-electron chi connectivity index (χ3n) is 3.88. The van der Waals surface area contributed by atoms with Gasteiger partial charge in [-0.3, -0.25) is 4.79 Å². The molecule has 1 saturated heterocycles. The number of amides is 1. The number of carbonyl (C=O) groups excluding carboxylic acids is 1.